The maximum Gasteiger partial charge on any atom is 0.271 e. The molecule has 0 amide bonds. The number of nitrogens with zero attached hydrogens (tertiary/aromatic N) is 1. The molecule has 0 aromatic heterocycles. The Morgan fingerprint density at radius 2 is 1.95 bits per heavy atom. The normalized spacial score (nSPS) is 10.3. The van der Waals surface area contributed by atoms with Gasteiger partial charge in [-0.2, -0.15) is 0 Å². The molecule has 1 N–H and O–H groups in total. The van der Waals surface area contributed by atoms with Crippen molar-refractivity contribution in [3.05, 3.63) is 66.6 Å². The first kappa shape index (κ1) is 15.1. The molecule has 0 spiro atoms. The van der Waals surface area contributed by atoms with Crippen LogP contribution in [-0.4, -0.2) is 4.92 Å². The van der Waals surface area contributed by atoms with Gasteiger partial charge in [0.05, 0.1) is 10.6 Å². The number of nitro benzene ring substituents is 1. The third-order valence-electron chi connectivity index (χ3n) is 2.65. The van der Waals surface area contributed by atoms with E-state index in [2.05, 4.69) is 21.2 Å². The van der Waals surface area contributed by atoms with E-state index in [0.29, 0.717) is 22.3 Å². The summed E-state index contributed by atoms with van der Waals surface area (Å²) in [6, 6.07) is 9.74. The molecule has 20 heavy (non-hydrogen) atoms. The smallest absolute Gasteiger partial charge is 0.271 e. The molecule has 0 heterocycles. The average Bonchev–Trinajstić information content (AvgIpc) is 2.39. The van der Waals surface area contributed by atoms with Crippen LogP contribution < -0.4 is 5.32 Å². The maximum atomic E-state index is 10.8. The average molecular weight is 376 g/mol. The summed E-state index contributed by atoms with van der Waals surface area (Å²) >= 11 is 15.2. The van der Waals surface area contributed by atoms with Crippen molar-refractivity contribution < 1.29 is 4.92 Å². The summed E-state index contributed by atoms with van der Waals surface area (Å²) in [5.74, 6) is 0. The van der Waals surface area contributed by atoms with Crippen LogP contribution in [0.5, 0.6) is 0 Å². The predicted molar refractivity (Wildman–Crippen MR) is 84.6 cm³/mol. The Morgan fingerprint density at radius 3 is 2.60 bits per heavy atom. The lowest BCUT2D eigenvalue weighted by Crippen LogP contribution is -2.01. The Labute approximate surface area is 134 Å². The van der Waals surface area contributed by atoms with Crippen LogP contribution in [0.25, 0.3) is 0 Å². The first-order chi connectivity index (χ1) is 9.47. The quantitative estimate of drug-likeness (QED) is 0.584. The second kappa shape index (κ2) is 6.43. The summed E-state index contributed by atoms with van der Waals surface area (Å²) in [5, 5.41) is 15.0. The standard InChI is InChI=1S/C13H9BrCl2N2O2/c14-11-4-3-10(18(19)20)6-13(11)17-7-8-1-2-9(15)5-12(8)16/h1-6,17H,7H2. The van der Waals surface area contributed by atoms with Gasteiger partial charge in [0, 0.05) is 33.2 Å². The summed E-state index contributed by atoms with van der Waals surface area (Å²) in [7, 11) is 0. The SMILES string of the molecule is O=[N+]([O-])c1ccc(Br)c(NCc2ccc(Cl)cc2Cl)c1. The minimum atomic E-state index is -0.438. The van der Waals surface area contributed by atoms with Crippen molar-refractivity contribution in [2.24, 2.45) is 0 Å². The van der Waals surface area contributed by atoms with Gasteiger partial charge in [-0.15, -0.1) is 0 Å². The van der Waals surface area contributed by atoms with Gasteiger partial charge < -0.3 is 5.32 Å². The Balaban J connectivity index is 2.18. The lowest BCUT2D eigenvalue weighted by atomic mass is 10.2. The van der Waals surface area contributed by atoms with Crippen molar-refractivity contribution >= 4 is 50.5 Å². The van der Waals surface area contributed by atoms with Crippen molar-refractivity contribution in [1.29, 1.82) is 0 Å². The van der Waals surface area contributed by atoms with Crippen LogP contribution in [0.2, 0.25) is 10.0 Å². The summed E-state index contributed by atoms with van der Waals surface area (Å²) in [5.41, 5.74) is 1.51. The van der Waals surface area contributed by atoms with E-state index in [0.717, 1.165) is 10.0 Å². The molecule has 0 aliphatic carbocycles. The van der Waals surface area contributed by atoms with E-state index in [-0.39, 0.29) is 5.69 Å². The molecule has 0 unspecified atom stereocenters. The first-order valence-electron chi connectivity index (χ1n) is 5.59. The van der Waals surface area contributed by atoms with Crippen LogP contribution in [0.15, 0.2) is 40.9 Å². The Morgan fingerprint density at radius 1 is 1.20 bits per heavy atom. The van der Waals surface area contributed by atoms with Crippen LogP contribution in [0.1, 0.15) is 5.56 Å². The highest BCUT2D eigenvalue weighted by atomic mass is 79.9. The maximum absolute atomic E-state index is 10.8. The molecule has 0 saturated carbocycles. The molecular formula is C13H9BrCl2N2O2. The number of non-ortho nitro benzene ring substituents is 1. The van der Waals surface area contributed by atoms with Gasteiger partial charge >= 0.3 is 0 Å². The van der Waals surface area contributed by atoms with Crippen LogP contribution in [0.3, 0.4) is 0 Å². The molecule has 0 saturated heterocycles. The van der Waals surface area contributed by atoms with Crippen LogP contribution in [0, 0.1) is 10.1 Å². The number of anilines is 1. The summed E-state index contributed by atoms with van der Waals surface area (Å²) in [4.78, 5) is 10.3. The van der Waals surface area contributed by atoms with Crippen LogP contribution in [-0.2, 0) is 6.54 Å². The van der Waals surface area contributed by atoms with Gasteiger partial charge in [-0.1, -0.05) is 29.3 Å². The zero-order chi connectivity index (χ0) is 14.7. The van der Waals surface area contributed by atoms with Crippen LogP contribution in [0.4, 0.5) is 11.4 Å². The van der Waals surface area contributed by atoms with E-state index in [4.69, 9.17) is 23.2 Å². The van der Waals surface area contributed by atoms with E-state index < -0.39 is 4.92 Å². The summed E-state index contributed by atoms with van der Waals surface area (Å²) in [6.07, 6.45) is 0. The van der Waals surface area contributed by atoms with Crippen molar-refractivity contribution in [3.8, 4) is 0 Å². The van der Waals surface area contributed by atoms with Gasteiger partial charge in [-0.3, -0.25) is 10.1 Å². The Hall–Kier alpha value is -1.30. The summed E-state index contributed by atoms with van der Waals surface area (Å²) < 4.78 is 0.744. The van der Waals surface area contributed by atoms with E-state index in [1.54, 1.807) is 18.2 Å². The third-order valence-corrected chi connectivity index (χ3v) is 3.92. The van der Waals surface area contributed by atoms with Crippen molar-refractivity contribution in [2.45, 2.75) is 6.54 Å². The van der Waals surface area contributed by atoms with E-state index in [1.807, 2.05) is 6.07 Å². The molecule has 7 heteroatoms. The molecule has 2 aromatic rings. The second-order valence-corrected chi connectivity index (χ2v) is 5.71. The Kier molecular flexibility index (Phi) is 4.86. The fourth-order valence-electron chi connectivity index (χ4n) is 1.62. The molecule has 0 aliphatic heterocycles. The molecule has 104 valence electrons. The fourth-order valence-corrected chi connectivity index (χ4v) is 2.48. The largest absolute Gasteiger partial charge is 0.380 e. The van der Waals surface area contributed by atoms with E-state index >= 15 is 0 Å². The monoisotopic (exact) mass is 374 g/mol. The van der Waals surface area contributed by atoms with E-state index in [1.165, 1.54) is 12.1 Å². The van der Waals surface area contributed by atoms with Gasteiger partial charge in [-0.05, 0) is 39.7 Å². The molecule has 4 nitrogen and oxygen atoms in total. The van der Waals surface area contributed by atoms with Gasteiger partial charge in [0.15, 0.2) is 0 Å². The molecule has 0 bridgehead atoms. The van der Waals surface area contributed by atoms with Gasteiger partial charge in [0.1, 0.15) is 0 Å². The minimum absolute atomic E-state index is 0.0258. The van der Waals surface area contributed by atoms with Crippen molar-refractivity contribution in [3.63, 3.8) is 0 Å². The first-order valence-corrected chi connectivity index (χ1v) is 7.14. The van der Waals surface area contributed by atoms with Gasteiger partial charge in [0.2, 0.25) is 0 Å². The number of rotatable bonds is 4. The highest BCUT2D eigenvalue weighted by molar-refractivity contribution is 9.10. The lowest BCUT2D eigenvalue weighted by molar-refractivity contribution is -0.384. The molecule has 2 aromatic carbocycles. The molecule has 0 aliphatic rings. The van der Waals surface area contributed by atoms with Crippen LogP contribution >= 0.6 is 39.1 Å². The topological polar surface area (TPSA) is 55.2 Å². The minimum Gasteiger partial charge on any atom is -0.380 e. The number of nitro groups is 1. The van der Waals surface area contributed by atoms with Crippen molar-refractivity contribution in [1.82, 2.24) is 0 Å². The number of nitrogens with one attached hydrogen (secondary N) is 1. The lowest BCUT2D eigenvalue weighted by Gasteiger charge is -2.10. The predicted octanol–water partition coefficient (Wildman–Crippen LogP) is 5.28. The summed E-state index contributed by atoms with van der Waals surface area (Å²) in [6.45, 7) is 0.440. The number of hydrogen-bond donors (Lipinski definition) is 1. The Bertz CT molecular complexity index is 665. The highest BCUT2D eigenvalue weighted by Gasteiger charge is 2.10. The zero-order valence-electron chi connectivity index (χ0n) is 10.1. The van der Waals surface area contributed by atoms with Gasteiger partial charge in [0.25, 0.3) is 5.69 Å². The van der Waals surface area contributed by atoms with E-state index in [9.17, 15) is 10.1 Å². The van der Waals surface area contributed by atoms with Crippen molar-refractivity contribution in [2.75, 3.05) is 5.32 Å². The van der Waals surface area contributed by atoms with Gasteiger partial charge in [-0.25, -0.2) is 0 Å². The highest BCUT2D eigenvalue weighted by Crippen LogP contribution is 2.28. The third kappa shape index (κ3) is 3.62. The molecular weight excluding hydrogens is 367 g/mol. The zero-order valence-corrected chi connectivity index (χ0v) is 13.2. The fraction of sp³-hybridized carbons (Fsp3) is 0.0769. The number of benzene rings is 2. The number of halogens is 3. The second-order valence-electron chi connectivity index (χ2n) is 4.01. The molecule has 0 atom stereocenters. The molecule has 0 radical (unpaired) electrons. The molecule has 2 rings (SSSR count). The number of hydrogen-bond acceptors (Lipinski definition) is 3. The molecule has 0 fully saturated rings.